The summed E-state index contributed by atoms with van der Waals surface area (Å²) >= 11 is 0. The fourth-order valence-electron chi connectivity index (χ4n) is 2.82. The molecule has 0 amide bonds. The lowest BCUT2D eigenvalue weighted by Crippen LogP contribution is -2.21. The summed E-state index contributed by atoms with van der Waals surface area (Å²) in [4.78, 5) is 0. The van der Waals surface area contributed by atoms with Gasteiger partial charge in [0.2, 0.25) is 0 Å². The zero-order chi connectivity index (χ0) is 11.8. The molecule has 2 heteroatoms. The standard InChI is InChI=1S/C14H20O2/c1-4-7-14(2)9-10-5-6-11(16-3)8-12(10)13(14)15/h5-6,8,13,15H,4,7,9H2,1-3H3. The van der Waals surface area contributed by atoms with Crippen LogP contribution in [0.15, 0.2) is 18.2 Å². The number of methoxy groups -OCH3 is 1. The van der Waals surface area contributed by atoms with Gasteiger partial charge in [-0.2, -0.15) is 0 Å². The van der Waals surface area contributed by atoms with Gasteiger partial charge in [-0.1, -0.05) is 26.3 Å². The Bertz CT molecular complexity index is 386. The van der Waals surface area contributed by atoms with Crippen LogP contribution >= 0.6 is 0 Å². The highest BCUT2D eigenvalue weighted by Gasteiger charge is 2.40. The molecule has 1 aliphatic carbocycles. The molecule has 2 unspecified atom stereocenters. The SMILES string of the molecule is CCCC1(C)Cc2ccc(OC)cc2C1O. The van der Waals surface area contributed by atoms with Crippen molar-refractivity contribution in [2.45, 2.75) is 39.2 Å². The highest BCUT2D eigenvalue weighted by atomic mass is 16.5. The molecule has 0 spiro atoms. The van der Waals surface area contributed by atoms with Crippen molar-refractivity contribution >= 4 is 0 Å². The minimum absolute atomic E-state index is 0.00342. The van der Waals surface area contributed by atoms with Crippen molar-refractivity contribution in [2.75, 3.05) is 7.11 Å². The summed E-state index contributed by atoms with van der Waals surface area (Å²) in [5.41, 5.74) is 2.32. The van der Waals surface area contributed by atoms with E-state index >= 15 is 0 Å². The van der Waals surface area contributed by atoms with Gasteiger partial charge in [0.15, 0.2) is 0 Å². The molecule has 2 nitrogen and oxygen atoms in total. The first kappa shape index (κ1) is 11.5. The molecular weight excluding hydrogens is 200 g/mol. The number of hydrogen-bond donors (Lipinski definition) is 1. The molecule has 0 aromatic heterocycles. The van der Waals surface area contributed by atoms with Crippen molar-refractivity contribution in [2.24, 2.45) is 5.41 Å². The monoisotopic (exact) mass is 220 g/mol. The predicted octanol–water partition coefficient (Wildman–Crippen LogP) is 3.09. The summed E-state index contributed by atoms with van der Waals surface area (Å²) in [7, 11) is 1.66. The third kappa shape index (κ3) is 1.71. The van der Waals surface area contributed by atoms with Crippen LogP contribution in [0.5, 0.6) is 5.75 Å². The number of benzene rings is 1. The lowest BCUT2D eigenvalue weighted by Gasteiger charge is -2.27. The molecule has 0 saturated carbocycles. The number of ether oxygens (including phenoxy) is 1. The summed E-state index contributed by atoms with van der Waals surface area (Å²) < 4.78 is 5.20. The van der Waals surface area contributed by atoms with Crippen LogP contribution in [0.25, 0.3) is 0 Å². The second-order valence-corrected chi connectivity index (χ2v) is 5.05. The van der Waals surface area contributed by atoms with Crippen LogP contribution in [0.3, 0.4) is 0 Å². The van der Waals surface area contributed by atoms with Crippen LogP contribution in [-0.2, 0) is 6.42 Å². The molecule has 0 fully saturated rings. The first-order valence-electron chi connectivity index (χ1n) is 5.95. The van der Waals surface area contributed by atoms with Crippen molar-refractivity contribution in [1.29, 1.82) is 0 Å². The van der Waals surface area contributed by atoms with Gasteiger partial charge in [-0.15, -0.1) is 0 Å². The summed E-state index contributed by atoms with van der Waals surface area (Å²) in [5, 5.41) is 10.4. The molecule has 2 atom stereocenters. The minimum atomic E-state index is -0.349. The maximum absolute atomic E-state index is 10.4. The van der Waals surface area contributed by atoms with E-state index in [4.69, 9.17) is 4.74 Å². The van der Waals surface area contributed by atoms with Crippen LogP contribution in [-0.4, -0.2) is 12.2 Å². The number of rotatable bonds is 3. The third-order valence-corrected chi connectivity index (χ3v) is 3.72. The summed E-state index contributed by atoms with van der Waals surface area (Å²) in [6.45, 7) is 4.34. The van der Waals surface area contributed by atoms with Gasteiger partial charge in [0.1, 0.15) is 5.75 Å². The van der Waals surface area contributed by atoms with E-state index in [-0.39, 0.29) is 11.5 Å². The first-order chi connectivity index (χ1) is 7.60. The fourth-order valence-corrected chi connectivity index (χ4v) is 2.82. The van der Waals surface area contributed by atoms with Crippen LogP contribution in [0, 0.1) is 5.41 Å². The summed E-state index contributed by atoms with van der Waals surface area (Å²) in [5.74, 6) is 0.832. The largest absolute Gasteiger partial charge is 0.497 e. The lowest BCUT2D eigenvalue weighted by molar-refractivity contribution is 0.0454. The Kier molecular flexibility index (Phi) is 2.94. The Morgan fingerprint density at radius 2 is 2.25 bits per heavy atom. The van der Waals surface area contributed by atoms with E-state index in [2.05, 4.69) is 19.9 Å². The molecule has 0 bridgehead atoms. The number of fused-ring (bicyclic) bond motifs is 1. The highest BCUT2D eigenvalue weighted by Crippen LogP contribution is 2.49. The molecule has 1 N–H and O–H groups in total. The fraction of sp³-hybridized carbons (Fsp3) is 0.571. The topological polar surface area (TPSA) is 29.5 Å². The van der Waals surface area contributed by atoms with Gasteiger partial charge in [0, 0.05) is 5.41 Å². The average Bonchev–Trinajstić information content (AvgIpc) is 2.52. The maximum Gasteiger partial charge on any atom is 0.119 e. The van der Waals surface area contributed by atoms with Gasteiger partial charge >= 0.3 is 0 Å². The average molecular weight is 220 g/mol. The van der Waals surface area contributed by atoms with Crippen molar-refractivity contribution in [3.05, 3.63) is 29.3 Å². The molecule has 88 valence electrons. The van der Waals surface area contributed by atoms with Crippen LogP contribution < -0.4 is 4.74 Å². The van der Waals surface area contributed by atoms with Crippen LogP contribution in [0.2, 0.25) is 0 Å². The van der Waals surface area contributed by atoms with Gasteiger partial charge in [-0.25, -0.2) is 0 Å². The van der Waals surface area contributed by atoms with Gasteiger partial charge < -0.3 is 9.84 Å². The Hall–Kier alpha value is -1.02. The zero-order valence-corrected chi connectivity index (χ0v) is 10.3. The van der Waals surface area contributed by atoms with E-state index in [1.807, 2.05) is 12.1 Å². The minimum Gasteiger partial charge on any atom is -0.497 e. The third-order valence-electron chi connectivity index (χ3n) is 3.72. The van der Waals surface area contributed by atoms with Gasteiger partial charge in [-0.05, 0) is 36.1 Å². The molecule has 0 heterocycles. The maximum atomic E-state index is 10.4. The number of hydrogen-bond acceptors (Lipinski definition) is 2. The second kappa shape index (κ2) is 4.10. The Balaban J connectivity index is 2.34. The smallest absolute Gasteiger partial charge is 0.119 e. The van der Waals surface area contributed by atoms with Gasteiger partial charge in [0.25, 0.3) is 0 Å². The van der Waals surface area contributed by atoms with Crippen molar-refractivity contribution in [3.8, 4) is 5.75 Å². The molecule has 16 heavy (non-hydrogen) atoms. The van der Waals surface area contributed by atoms with E-state index in [1.54, 1.807) is 7.11 Å². The molecule has 0 aliphatic heterocycles. The highest BCUT2D eigenvalue weighted by molar-refractivity contribution is 5.42. The van der Waals surface area contributed by atoms with E-state index in [9.17, 15) is 5.11 Å². The first-order valence-corrected chi connectivity index (χ1v) is 5.95. The normalized spacial score (nSPS) is 27.9. The second-order valence-electron chi connectivity index (χ2n) is 5.05. The van der Waals surface area contributed by atoms with Crippen LogP contribution in [0.1, 0.15) is 43.9 Å². The Labute approximate surface area is 97.3 Å². The van der Waals surface area contributed by atoms with E-state index < -0.39 is 0 Å². The molecule has 1 aromatic carbocycles. The molecule has 1 aromatic rings. The lowest BCUT2D eigenvalue weighted by atomic mass is 9.80. The molecule has 2 rings (SSSR count). The van der Waals surface area contributed by atoms with Crippen LogP contribution in [0.4, 0.5) is 0 Å². The predicted molar refractivity (Wildman–Crippen MR) is 64.7 cm³/mol. The summed E-state index contributed by atoms with van der Waals surface area (Å²) in [6.07, 6.45) is 2.79. The molecule has 1 aliphatic rings. The van der Waals surface area contributed by atoms with Crippen molar-refractivity contribution in [3.63, 3.8) is 0 Å². The number of aliphatic hydroxyl groups is 1. The summed E-state index contributed by atoms with van der Waals surface area (Å²) in [6, 6.07) is 6.03. The van der Waals surface area contributed by atoms with Crippen molar-refractivity contribution < 1.29 is 9.84 Å². The van der Waals surface area contributed by atoms with E-state index in [1.165, 1.54) is 5.56 Å². The van der Waals surface area contributed by atoms with E-state index in [0.717, 1.165) is 30.6 Å². The molecular formula is C14H20O2. The Morgan fingerprint density at radius 3 is 2.88 bits per heavy atom. The van der Waals surface area contributed by atoms with Gasteiger partial charge in [0.05, 0.1) is 13.2 Å². The Morgan fingerprint density at radius 1 is 1.50 bits per heavy atom. The quantitative estimate of drug-likeness (QED) is 0.848. The zero-order valence-electron chi connectivity index (χ0n) is 10.3. The molecule has 0 radical (unpaired) electrons. The van der Waals surface area contributed by atoms with Crippen molar-refractivity contribution in [1.82, 2.24) is 0 Å². The molecule has 0 saturated heterocycles. The number of aliphatic hydroxyl groups excluding tert-OH is 1. The van der Waals surface area contributed by atoms with Gasteiger partial charge in [-0.3, -0.25) is 0 Å². The van der Waals surface area contributed by atoms with E-state index in [0.29, 0.717) is 0 Å².